The Balaban J connectivity index is 1.51. The van der Waals surface area contributed by atoms with E-state index >= 15 is 0 Å². The number of aromatic amines is 1. The van der Waals surface area contributed by atoms with E-state index in [1.807, 2.05) is 0 Å². The lowest BCUT2D eigenvalue weighted by Gasteiger charge is -2.36. The van der Waals surface area contributed by atoms with E-state index in [1.54, 1.807) is 12.4 Å². The van der Waals surface area contributed by atoms with E-state index in [-0.39, 0.29) is 5.91 Å². The molecule has 2 N–H and O–H groups in total. The maximum absolute atomic E-state index is 11.8. The minimum atomic E-state index is -0.0185. The summed E-state index contributed by atoms with van der Waals surface area (Å²) in [6.45, 7) is 0.796. The van der Waals surface area contributed by atoms with Gasteiger partial charge in [-0.05, 0) is 38.6 Å². The zero-order valence-electron chi connectivity index (χ0n) is 10.7. The first kappa shape index (κ1) is 11.7. The van der Waals surface area contributed by atoms with Gasteiger partial charge in [0.15, 0.2) is 0 Å². The average Bonchev–Trinajstić information content (AvgIpc) is 2.94. The minimum absolute atomic E-state index is 0.0185. The first-order chi connectivity index (χ1) is 8.74. The molecule has 0 aromatic carbocycles. The number of amides is 1. The van der Waals surface area contributed by atoms with E-state index in [0.29, 0.717) is 11.5 Å². The predicted octanol–water partition coefficient (Wildman–Crippen LogP) is 1.01. The fourth-order valence-corrected chi connectivity index (χ4v) is 3.41. The summed E-state index contributed by atoms with van der Waals surface area (Å²) in [4.78, 5) is 14.3. The van der Waals surface area contributed by atoms with Crippen LogP contribution < -0.4 is 5.32 Å². The van der Waals surface area contributed by atoms with Crippen LogP contribution >= 0.6 is 0 Å². The summed E-state index contributed by atoms with van der Waals surface area (Å²) < 4.78 is 0. The Hall–Kier alpha value is -1.36. The molecule has 1 aromatic heterocycles. The Kier molecular flexibility index (Phi) is 3.07. The summed E-state index contributed by atoms with van der Waals surface area (Å²) in [5, 5.41) is 9.47. The van der Waals surface area contributed by atoms with Crippen molar-refractivity contribution >= 4 is 5.91 Å². The number of rotatable bonds is 3. The number of carbonyl (C=O) groups excluding carboxylic acids is 1. The van der Waals surface area contributed by atoms with Crippen molar-refractivity contribution in [1.82, 2.24) is 20.4 Å². The van der Waals surface area contributed by atoms with Crippen molar-refractivity contribution in [2.75, 3.05) is 13.6 Å². The number of hydrogen-bond donors (Lipinski definition) is 2. The minimum Gasteiger partial charge on any atom is -0.352 e. The van der Waals surface area contributed by atoms with Crippen molar-refractivity contribution in [3.63, 3.8) is 0 Å². The van der Waals surface area contributed by atoms with E-state index in [9.17, 15) is 4.79 Å². The van der Waals surface area contributed by atoms with Crippen molar-refractivity contribution in [2.45, 2.75) is 37.8 Å². The van der Waals surface area contributed by atoms with E-state index in [1.165, 1.54) is 25.7 Å². The molecule has 2 aliphatic rings. The van der Waals surface area contributed by atoms with Gasteiger partial charge in [-0.2, -0.15) is 5.10 Å². The van der Waals surface area contributed by atoms with Crippen LogP contribution in [0.5, 0.6) is 0 Å². The highest BCUT2D eigenvalue weighted by molar-refractivity contribution is 5.93. The molecular weight excluding hydrogens is 228 g/mol. The number of nitrogens with zero attached hydrogens (tertiary/aromatic N) is 2. The lowest BCUT2D eigenvalue weighted by molar-refractivity contribution is 0.0917. The van der Waals surface area contributed by atoms with Crippen LogP contribution in [0.15, 0.2) is 12.4 Å². The van der Waals surface area contributed by atoms with Gasteiger partial charge in [0.05, 0.1) is 11.8 Å². The molecule has 0 radical (unpaired) electrons. The van der Waals surface area contributed by atoms with Crippen molar-refractivity contribution < 1.29 is 4.79 Å². The third kappa shape index (κ3) is 2.14. The maximum atomic E-state index is 11.8. The second-order valence-corrected chi connectivity index (χ2v) is 5.58. The van der Waals surface area contributed by atoms with Crippen molar-refractivity contribution in [2.24, 2.45) is 5.92 Å². The molecule has 3 rings (SSSR count). The molecule has 1 aromatic rings. The number of fused-ring (bicyclic) bond motifs is 2. The van der Waals surface area contributed by atoms with Gasteiger partial charge in [-0.1, -0.05) is 0 Å². The highest BCUT2D eigenvalue weighted by Gasteiger charge is 2.38. The first-order valence-corrected chi connectivity index (χ1v) is 6.73. The zero-order chi connectivity index (χ0) is 12.5. The van der Waals surface area contributed by atoms with Crippen LogP contribution in [0.2, 0.25) is 0 Å². The summed E-state index contributed by atoms with van der Waals surface area (Å²) in [5.41, 5.74) is 0.617. The molecule has 0 aliphatic carbocycles. The Labute approximate surface area is 107 Å². The predicted molar refractivity (Wildman–Crippen MR) is 68.2 cm³/mol. The first-order valence-electron chi connectivity index (χ1n) is 6.73. The number of H-pyrrole nitrogens is 1. The molecule has 5 heteroatoms. The quantitative estimate of drug-likeness (QED) is 0.839. The summed E-state index contributed by atoms with van der Waals surface area (Å²) in [6.07, 6.45) is 8.29. The van der Waals surface area contributed by atoms with Crippen molar-refractivity contribution in [1.29, 1.82) is 0 Å². The second-order valence-electron chi connectivity index (χ2n) is 5.58. The molecule has 2 fully saturated rings. The molecule has 2 unspecified atom stereocenters. The molecular formula is C13H20N4O. The van der Waals surface area contributed by atoms with E-state index in [4.69, 9.17) is 0 Å². The molecule has 0 spiro atoms. The van der Waals surface area contributed by atoms with Gasteiger partial charge in [0.2, 0.25) is 0 Å². The van der Waals surface area contributed by atoms with E-state index in [0.717, 1.165) is 18.6 Å². The Morgan fingerprint density at radius 3 is 2.83 bits per heavy atom. The third-order valence-corrected chi connectivity index (χ3v) is 4.51. The van der Waals surface area contributed by atoms with Gasteiger partial charge < -0.3 is 10.2 Å². The molecule has 0 saturated carbocycles. The molecule has 3 heterocycles. The summed E-state index contributed by atoms with van der Waals surface area (Å²) in [6, 6.07) is 1.47. The van der Waals surface area contributed by atoms with Crippen molar-refractivity contribution in [3.05, 3.63) is 18.0 Å². The molecule has 5 nitrogen and oxygen atoms in total. The summed E-state index contributed by atoms with van der Waals surface area (Å²) in [5.74, 6) is 0.615. The van der Waals surface area contributed by atoms with Crippen LogP contribution in [0.1, 0.15) is 36.0 Å². The molecule has 2 aliphatic heterocycles. The smallest absolute Gasteiger partial charge is 0.254 e. The standard InChI is InChI=1S/C13H20N4O/c1-17-11-2-3-12(17)5-9(4-11)6-14-13(18)10-7-15-16-8-10/h7-9,11-12H,2-6H2,1H3,(H,14,18)(H,15,16). The van der Waals surface area contributed by atoms with Gasteiger partial charge in [0, 0.05) is 24.8 Å². The van der Waals surface area contributed by atoms with Gasteiger partial charge >= 0.3 is 0 Å². The largest absolute Gasteiger partial charge is 0.352 e. The number of hydrogen-bond acceptors (Lipinski definition) is 3. The van der Waals surface area contributed by atoms with Crippen molar-refractivity contribution in [3.8, 4) is 0 Å². The monoisotopic (exact) mass is 248 g/mol. The molecule has 98 valence electrons. The van der Waals surface area contributed by atoms with Crippen LogP contribution in [-0.2, 0) is 0 Å². The summed E-state index contributed by atoms with van der Waals surface area (Å²) >= 11 is 0. The van der Waals surface area contributed by atoms with Crippen LogP contribution in [0, 0.1) is 5.92 Å². The van der Waals surface area contributed by atoms with Crippen LogP contribution in [0.25, 0.3) is 0 Å². The van der Waals surface area contributed by atoms with Gasteiger partial charge in [-0.15, -0.1) is 0 Å². The number of nitrogens with one attached hydrogen (secondary N) is 2. The summed E-state index contributed by atoms with van der Waals surface area (Å²) in [7, 11) is 2.24. The molecule has 2 saturated heterocycles. The normalized spacial score (nSPS) is 31.5. The zero-order valence-corrected chi connectivity index (χ0v) is 10.7. The molecule has 18 heavy (non-hydrogen) atoms. The van der Waals surface area contributed by atoms with E-state index in [2.05, 4.69) is 27.5 Å². The van der Waals surface area contributed by atoms with Gasteiger partial charge in [0.1, 0.15) is 0 Å². The third-order valence-electron chi connectivity index (χ3n) is 4.51. The molecule has 2 bridgehead atoms. The SMILES string of the molecule is CN1C2CCC1CC(CNC(=O)c1cn[nH]c1)C2. The lowest BCUT2D eigenvalue weighted by Crippen LogP contribution is -2.43. The Bertz CT molecular complexity index is 403. The van der Waals surface area contributed by atoms with Gasteiger partial charge in [-0.25, -0.2) is 0 Å². The van der Waals surface area contributed by atoms with Crippen LogP contribution in [0.4, 0.5) is 0 Å². The molecule has 1 amide bonds. The molecule has 2 atom stereocenters. The highest BCUT2D eigenvalue weighted by atomic mass is 16.1. The maximum Gasteiger partial charge on any atom is 0.254 e. The van der Waals surface area contributed by atoms with Crippen LogP contribution in [-0.4, -0.2) is 46.7 Å². The Morgan fingerprint density at radius 1 is 1.50 bits per heavy atom. The topological polar surface area (TPSA) is 61.0 Å². The number of piperidine rings is 1. The second kappa shape index (κ2) is 4.72. The van der Waals surface area contributed by atoms with Crippen LogP contribution in [0.3, 0.4) is 0 Å². The number of aromatic nitrogens is 2. The fourth-order valence-electron chi connectivity index (χ4n) is 3.41. The fraction of sp³-hybridized carbons (Fsp3) is 0.692. The van der Waals surface area contributed by atoms with Gasteiger partial charge in [0.25, 0.3) is 5.91 Å². The lowest BCUT2D eigenvalue weighted by atomic mass is 9.91. The highest BCUT2D eigenvalue weighted by Crippen LogP contribution is 2.36. The van der Waals surface area contributed by atoms with E-state index < -0.39 is 0 Å². The van der Waals surface area contributed by atoms with Gasteiger partial charge in [-0.3, -0.25) is 9.89 Å². The average molecular weight is 248 g/mol. The number of carbonyl (C=O) groups is 1. The Morgan fingerprint density at radius 2 is 2.22 bits per heavy atom.